The topological polar surface area (TPSA) is 93.5 Å². The number of rotatable bonds is 4. The summed E-state index contributed by atoms with van der Waals surface area (Å²) in [7, 11) is -0.549. The highest BCUT2D eigenvalue weighted by atomic mass is 32.2. The number of fused-ring (bicyclic) bond motifs is 1. The van der Waals surface area contributed by atoms with Gasteiger partial charge in [0.25, 0.3) is 10.2 Å². The number of aromatic nitrogens is 4. The van der Waals surface area contributed by atoms with Gasteiger partial charge in [-0.2, -0.15) is 22.1 Å². The van der Waals surface area contributed by atoms with Crippen LogP contribution < -0.4 is 4.74 Å². The minimum absolute atomic E-state index is 0.197. The second-order valence-electron chi connectivity index (χ2n) is 5.36. The standard InChI is InChI=1S/C13H18N6O3S/c1-17(2)23(20,21)18-8-11-4-7-16-19(11)10-12(9-18)22-13-14-5-3-6-15-13/h3-7,12H,8-10H2,1-2H3/t12-/m0/s1. The van der Waals surface area contributed by atoms with Crippen molar-refractivity contribution in [3.63, 3.8) is 0 Å². The Hall–Kier alpha value is -2.04. The van der Waals surface area contributed by atoms with Crippen molar-refractivity contribution in [2.45, 2.75) is 19.2 Å². The fraction of sp³-hybridized carbons (Fsp3) is 0.462. The van der Waals surface area contributed by atoms with Gasteiger partial charge < -0.3 is 4.74 Å². The maximum atomic E-state index is 12.5. The predicted octanol–water partition coefficient (Wildman–Crippen LogP) is -0.257. The zero-order valence-corrected chi connectivity index (χ0v) is 13.7. The van der Waals surface area contributed by atoms with Gasteiger partial charge in [0.05, 0.1) is 25.3 Å². The Morgan fingerprint density at radius 3 is 2.65 bits per heavy atom. The lowest BCUT2D eigenvalue weighted by molar-refractivity contribution is 0.142. The van der Waals surface area contributed by atoms with Crippen LogP contribution in [-0.4, -0.2) is 63.5 Å². The highest BCUT2D eigenvalue weighted by molar-refractivity contribution is 7.86. The van der Waals surface area contributed by atoms with Crippen LogP contribution in [0.3, 0.4) is 0 Å². The highest BCUT2D eigenvalue weighted by Gasteiger charge is 2.32. The number of hydrogen-bond donors (Lipinski definition) is 0. The molecule has 9 nitrogen and oxygen atoms in total. The minimum atomic E-state index is -3.56. The van der Waals surface area contributed by atoms with E-state index in [1.54, 1.807) is 35.4 Å². The first kappa shape index (κ1) is 15.8. The van der Waals surface area contributed by atoms with E-state index in [9.17, 15) is 8.42 Å². The van der Waals surface area contributed by atoms with Crippen molar-refractivity contribution < 1.29 is 13.2 Å². The summed E-state index contributed by atoms with van der Waals surface area (Å²) in [6, 6.07) is 3.71. The summed E-state index contributed by atoms with van der Waals surface area (Å²) < 4.78 is 35.1. The quantitative estimate of drug-likeness (QED) is 0.763. The zero-order chi connectivity index (χ0) is 16.4. The zero-order valence-electron chi connectivity index (χ0n) is 12.9. The molecule has 2 aromatic rings. The second-order valence-corrected chi connectivity index (χ2v) is 7.50. The first-order valence-corrected chi connectivity index (χ1v) is 8.48. The third-order valence-corrected chi connectivity index (χ3v) is 5.38. The summed E-state index contributed by atoms with van der Waals surface area (Å²) in [5, 5.41) is 4.23. The third kappa shape index (κ3) is 3.33. The van der Waals surface area contributed by atoms with Gasteiger partial charge in [0.15, 0.2) is 0 Å². The molecule has 3 heterocycles. The molecule has 2 aromatic heterocycles. The summed E-state index contributed by atoms with van der Waals surface area (Å²) in [5.41, 5.74) is 0.815. The molecule has 0 spiro atoms. The van der Waals surface area contributed by atoms with E-state index in [4.69, 9.17) is 4.74 Å². The summed E-state index contributed by atoms with van der Waals surface area (Å²) >= 11 is 0. The SMILES string of the molecule is CN(C)S(=O)(=O)N1Cc2ccnn2C[C@@H](Oc2ncccn2)C1. The van der Waals surface area contributed by atoms with Crippen LogP contribution in [0.15, 0.2) is 30.7 Å². The first-order valence-electron chi connectivity index (χ1n) is 7.09. The molecule has 10 heteroatoms. The third-order valence-electron chi connectivity index (χ3n) is 3.53. The number of nitrogens with zero attached hydrogens (tertiary/aromatic N) is 6. The fourth-order valence-corrected chi connectivity index (χ4v) is 3.47. The van der Waals surface area contributed by atoms with Crippen molar-refractivity contribution in [2.75, 3.05) is 20.6 Å². The van der Waals surface area contributed by atoms with Gasteiger partial charge in [0, 0.05) is 32.7 Å². The molecule has 124 valence electrons. The van der Waals surface area contributed by atoms with E-state index in [0.29, 0.717) is 6.54 Å². The van der Waals surface area contributed by atoms with Crippen molar-refractivity contribution in [1.82, 2.24) is 28.4 Å². The van der Waals surface area contributed by atoms with Crippen LogP contribution in [0.5, 0.6) is 6.01 Å². The molecular weight excluding hydrogens is 320 g/mol. The van der Waals surface area contributed by atoms with Crippen LogP contribution in [0.25, 0.3) is 0 Å². The molecule has 1 atom stereocenters. The van der Waals surface area contributed by atoms with Gasteiger partial charge in [-0.1, -0.05) is 0 Å². The van der Waals surface area contributed by atoms with Crippen molar-refractivity contribution in [3.8, 4) is 6.01 Å². The molecule has 0 saturated carbocycles. The molecule has 0 aromatic carbocycles. The van der Waals surface area contributed by atoms with E-state index in [0.717, 1.165) is 5.69 Å². The predicted molar refractivity (Wildman–Crippen MR) is 81.7 cm³/mol. The smallest absolute Gasteiger partial charge is 0.316 e. The first-order chi connectivity index (χ1) is 11.0. The van der Waals surface area contributed by atoms with Crippen LogP contribution in [0.1, 0.15) is 5.69 Å². The minimum Gasteiger partial charge on any atom is -0.457 e. The number of hydrogen-bond acceptors (Lipinski definition) is 6. The normalized spacial score (nSPS) is 19.3. The van der Waals surface area contributed by atoms with E-state index < -0.39 is 16.3 Å². The van der Waals surface area contributed by atoms with Crippen molar-refractivity contribution in [1.29, 1.82) is 0 Å². The Labute approximate surface area is 134 Å². The van der Waals surface area contributed by atoms with Crippen molar-refractivity contribution in [2.24, 2.45) is 0 Å². The van der Waals surface area contributed by atoms with Crippen LogP contribution in [0, 0.1) is 0 Å². The molecule has 0 fully saturated rings. The molecule has 1 aliphatic heterocycles. The summed E-state index contributed by atoms with van der Waals surface area (Å²) in [6.07, 6.45) is 4.37. The summed E-state index contributed by atoms with van der Waals surface area (Å²) in [4.78, 5) is 8.06. The maximum Gasteiger partial charge on any atom is 0.316 e. The molecule has 3 rings (SSSR count). The van der Waals surface area contributed by atoms with Crippen LogP contribution >= 0.6 is 0 Å². The van der Waals surface area contributed by atoms with E-state index in [2.05, 4.69) is 15.1 Å². The molecule has 0 N–H and O–H groups in total. The second kappa shape index (κ2) is 6.22. The van der Waals surface area contributed by atoms with Crippen LogP contribution in [0.4, 0.5) is 0 Å². The molecule has 0 radical (unpaired) electrons. The van der Waals surface area contributed by atoms with Gasteiger partial charge in [0.2, 0.25) is 0 Å². The van der Waals surface area contributed by atoms with Crippen molar-refractivity contribution >= 4 is 10.2 Å². The highest BCUT2D eigenvalue weighted by Crippen LogP contribution is 2.18. The lowest BCUT2D eigenvalue weighted by atomic mass is 10.3. The van der Waals surface area contributed by atoms with Gasteiger partial charge in [-0.05, 0) is 12.1 Å². The summed E-state index contributed by atoms with van der Waals surface area (Å²) in [5.74, 6) is 0. The van der Waals surface area contributed by atoms with E-state index in [1.807, 2.05) is 0 Å². The molecule has 0 saturated heterocycles. The fourth-order valence-electron chi connectivity index (χ4n) is 2.36. The van der Waals surface area contributed by atoms with Crippen LogP contribution in [-0.2, 0) is 23.3 Å². The molecule has 0 amide bonds. The molecule has 0 unspecified atom stereocenters. The Morgan fingerprint density at radius 1 is 1.22 bits per heavy atom. The van der Waals surface area contributed by atoms with E-state index >= 15 is 0 Å². The monoisotopic (exact) mass is 338 g/mol. The summed E-state index contributed by atoms with van der Waals surface area (Å²) in [6.45, 7) is 0.873. The van der Waals surface area contributed by atoms with E-state index in [-0.39, 0.29) is 19.1 Å². The maximum absolute atomic E-state index is 12.5. The molecule has 0 bridgehead atoms. The molecule has 1 aliphatic rings. The van der Waals surface area contributed by atoms with Crippen LogP contribution in [0.2, 0.25) is 0 Å². The van der Waals surface area contributed by atoms with Gasteiger partial charge in [-0.3, -0.25) is 4.68 Å². The average molecular weight is 338 g/mol. The van der Waals surface area contributed by atoms with Gasteiger partial charge in [-0.15, -0.1) is 0 Å². The lowest BCUT2D eigenvalue weighted by Gasteiger charge is -2.26. The average Bonchev–Trinajstić information content (AvgIpc) is 2.87. The van der Waals surface area contributed by atoms with Crippen molar-refractivity contribution in [3.05, 3.63) is 36.4 Å². The Morgan fingerprint density at radius 2 is 1.96 bits per heavy atom. The molecule has 23 heavy (non-hydrogen) atoms. The van der Waals surface area contributed by atoms with Gasteiger partial charge >= 0.3 is 6.01 Å². The largest absolute Gasteiger partial charge is 0.457 e. The lowest BCUT2D eigenvalue weighted by Crippen LogP contribution is -2.44. The Balaban J connectivity index is 1.89. The Bertz CT molecular complexity index is 761. The van der Waals surface area contributed by atoms with Gasteiger partial charge in [-0.25, -0.2) is 9.97 Å². The van der Waals surface area contributed by atoms with Gasteiger partial charge in [0.1, 0.15) is 6.10 Å². The molecular formula is C13H18N6O3S. The number of ether oxygens (including phenoxy) is 1. The van der Waals surface area contributed by atoms with E-state index in [1.165, 1.54) is 22.7 Å². The Kier molecular flexibility index (Phi) is 4.28. The molecule has 0 aliphatic carbocycles.